The van der Waals surface area contributed by atoms with Crippen LogP contribution in [0.3, 0.4) is 0 Å². The van der Waals surface area contributed by atoms with Crippen LogP contribution in [0, 0.1) is 0 Å². The quantitative estimate of drug-likeness (QED) is 0.756. The molecule has 0 spiro atoms. The lowest BCUT2D eigenvalue weighted by molar-refractivity contribution is 0.153. The summed E-state index contributed by atoms with van der Waals surface area (Å²) in [5.74, 6) is 1.98. The van der Waals surface area contributed by atoms with E-state index in [0.717, 1.165) is 44.0 Å². The number of benzene rings is 1. The highest BCUT2D eigenvalue weighted by molar-refractivity contribution is 5.64. The number of methoxy groups -OCH3 is 2. The third-order valence-electron chi connectivity index (χ3n) is 5.55. The average Bonchev–Trinajstić information content (AvgIpc) is 3.17. The molecule has 1 aromatic rings. The standard InChI is InChI=1S/C20H33N3O2/c1-21-11-13-22(14-12-21)8-6-7-17-15-20(25-3)18(16-19(17)24-2)23-9-4-5-10-23/h15-16H,4-14H2,1-3H3. The summed E-state index contributed by atoms with van der Waals surface area (Å²) >= 11 is 0. The van der Waals surface area contributed by atoms with E-state index in [1.54, 1.807) is 14.2 Å². The lowest BCUT2D eigenvalue weighted by Crippen LogP contribution is -2.44. The van der Waals surface area contributed by atoms with Crippen molar-refractivity contribution < 1.29 is 9.47 Å². The zero-order chi connectivity index (χ0) is 17.6. The summed E-state index contributed by atoms with van der Waals surface area (Å²) in [6.45, 7) is 8.12. The second-order valence-corrected chi connectivity index (χ2v) is 7.28. The maximum atomic E-state index is 5.70. The van der Waals surface area contributed by atoms with Gasteiger partial charge in [-0.2, -0.15) is 0 Å². The molecule has 0 radical (unpaired) electrons. The number of anilines is 1. The summed E-state index contributed by atoms with van der Waals surface area (Å²) in [6.07, 6.45) is 4.72. The maximum absolute atomic E-state index is 5.70. The maximum Gasteiger partial charge on any atom is 0.142 e. The van der Waals surface area contributed by atoms with Gasteiger partial charge >= 0.3 is 0 Å². The fourth-order valence-corrected chi connectivity index (χ4v) is 3.91. The first kappa shape index (κ1) is 18.3. The Morgan fingerprint density at radius 2 is 1.56 bits per heavy atom. The van der Waals surface area contributed by atoms with Crippen LogP contribution >= 0.6 is 0 Å². The lowest BCUT2D eigenvalue weighted by Gasteiger charge is -2.32. The zero-order valence-electron chi connectivity index (χ0n) is 16.1. The predicted octanol–water partition coefficient (Wildman–Crippen LogP) is 2.48. The Bertz CT molecular complexity index is 550. The van der Waals surface area contributed by atoms with E-state index in [9.17, 15) is 0 Å². The third kappa shape index (κ3) is 4.59. The summed E-state index contributed by atoms with van der Waals surface area (Å²) in [5.41, 5.74) is 2.44. The van der Waals surface area contributed by atoms with Gasteiger partial charge in [-0.05, 0) is 50.9 Å². The van der Waals surface area contributed by atoms with E-state index >= 15 is 0 Å². The molecule has 2 fully saturated rings. The molecule has 0 atom stereocenters. The molecule has 0 aliphatic carbocycles. The topological polar surface area (TPSA) is 28.2 Å². The number of hydrogen-bond donors (Lipinski definition) is 0. The van der Waals surface area contributed by atoms with Gasteiger partial charge in [-0.25, -0.2) is 0 Å². The van der Waals surface area contributed by atoms with Crippen LogP contribution in [0.15, 0.2) is 12.1 Å². The molecular weight excluding hydrogens is 314 g/mol. The van der Waals surface area contributed by atoms with Crippen molar-refractivity contribution in [3.63, 3.8) is 0 Å². The molecule has 5 nitrogen and oxygen atoms in total. The fourth-order valence-electron chi connectivity index (χ4n) is 3.91. The van der Waals surface area contributed by atoms with Crippen LogP contribution in [0.2, 0.25) is 0 Å². The minimum Gasteiger partial charge on any atom is -0.496 e. The van der Waals surface area contributed by atoms with Crippen LogP contribution in [0.4, 0.5) is 5.69 Å². The first-order valence-corrected chi connectivity index (χ1v) is 9.62. The van der Waals surface area contributed by atoms with Crippen molar-refractivity contribution in [3.05, 3.63) is 17.7 Å². The second-order valence-electron chi connectivity index (χ2n) is 7.28. The Labute approximate surface area is 152 Å². The molecule has 0 unspecified atom stereocenters. The van der Waals surface area contributed by atoms with E-state index in [1.807, 2.05) is 0 Å². The highest BCUT2D eigenvalue weighted by Crippen LogP contribution is 2.37. The van der Waals surface area contributed by atoms with Crippen molar-refractivity contribution in [2.45, 2.75) is 25.7 Å². The molecule has 0 bridgehead atoms. The zero-order valence-corrected chi connectivity index (χ0v) is 16.1. The molecule has 0 saturated carbocycles. The molecule has 25 heavy (non-hydrogen) atoms. The second kappa shape index (κ2) is 8.77. The van der Waals surface area contributed by atoms with E-state index in [2.05, 4.69) is 33.9 Å². The summed E-state index contributed by atoms with van der Waals surface area (Å²) in [4.78, 5) is 7.39. The van der Waals surface area contributed by atoms with Crippen LogP contribution in [0.1, 0.15) is 24.8 Å². The Kier molecular flexibility index (Phi) is 6.43. The molecule has 5 heteroatoms. The Morgan fingerprint density at radius 3 is 2.20 bits per heavy atom. The van der Waals surface area contributed by atoms with Gasteiger partial charge in [0, 0.05) is 45.3 Å². The van der Waals surface area contributed by atoms with E-state index in [-0.39, 0.29) is 0 Å². The van der Waals surface area contributed by atoms with Crippen LogP contribution in [-0.2, 0) is 6.42 Å². The molecule has 1 aromatic carbocycles. The number of likely N-dealkylation sites (N-methyl/N-ethyl adjacent to an activating group) is 1. The van der Waals surface area contributed by atoms with Gasteiger partial charge < -0.3 is 24.2 Å². The number of ether oxygens (including phenoxy) is 2. The molecule has 2 aliphatic heterocycles. The molecule has 0 aromatic heterocycles. The highest BCUT2D eigenvalue weighted by Gasteiger charge is 2.20. The number of hydrogen-bond acceptors (Lipinski definition) is 5. The first-order valence-electron chi connectivity index (χ1n) is 9.62. The van der Waals surface area contributed by atoms with Gasteiger partial charge in [0.15, 0.2) is 0 Å². The molecule has 2 saturated heterocycles. The third-order valence-corrected chi connectivity index (χ3v) is 5.55. The van der Waals surface area contributed by atoms with E-state index in [4.69, 9.17) is 9.47 Å². The van der Waals surface area contributed by atoms with Gasteiger partial charge in [0.1, 0.15) is 11.5 Å². The van der Waals surface area contributed by atoms with Crippen LogP contribution in [-0.4, -0.2) is 76.9 Å². The monoisotopic (exact) mass is 347 g/mol. The Balaban J connectivity index is 1.63. The minimum atomic E-state index is 0.984. The fraction of sp³-hybridized carbons (Fsp3) is 0.700. The van der Waals surface area contributed by atoms with Crippen molar-refractivity contribution in [3.8, 4) is 11.5 Å². The molecule has 0 N–H and O–H groups in total. The van der Waals surface area contributed by atoms with Crippen molar-refractivity contribution in [2.75, 3.05) is 72.0 Å². The van der Waals surface area contributed by atoms with Crippen molar-refractivity contribution in [1.82, 2.24) is 9.80 Å². The van der Waals surface area contributed by atoms with Crippen LogP contribution < -0.4 is 14.4 Å². The SMILES string of the molecule is COc1cc(N2CCCC2)c(OC)cc1CCCN1CCN(C)CC1. The predicted molar refractivity (Wildman–Crippen MR) is 103 cm³/mol. The normalized spacial score (nSPS) is 19.4. The largest absolute Gasteiger partial charge is 0.496 e. The minimum absolute atomic E-state index is 0.984. The van der Waals surface area contributed by atoms with Crippen LogP contribution in [0.5, 0.6) is 11.5 Å². The molecule has 2 aliphatic rings. The van der Waals surface area contributed by atoms with E-state index in [0.29, 0.717) is 0 Å². The molecule has 140 valence electrons. The first-order chi connectivity index (χ1) is 12.2. The number of rotatable bonds is 7. The lowest BCUT2D eigenvalue weighted by atomic mass is 10.1. The van der Waals surface area contributed by atoms with Crippen molar-refractivity contribution in [1.29, 1.82) is 0 Å². The number of nitrogens with zero attached hydrogens (tertiary/aromatic N) is 3. The number of piperazine rings is 1. The van der Waals surface area contributed by atoms with Crippen molar-refractivity contribution >= 4 is 5.69 Å². The van der Waals surface area contributed by atoms with Crippen molar-refractivity contribution in [2.24, 2.45) is 0 Å². The van der Waals surface area contributed by atoms with Gasteiger partial charge in [-0.1, -0.05) is 0 Å². The molecular formula is C20H33N3O2. The number of aryl methyl sites for hydroxylation is 1. The summed E-state index contributed by atoms with van der Waals surface area (Å²) < 4.78 is 11.4. The Hall–Kier alpha value is -1.46. The smallest absolute Gasteiger partial charge is 0.142 e. The molecule has 0 amide bonds. The van der Waals surface area contributed by atoms with Gasteiger partial charge in [-0.3, -0.25) is 0 Å². The molecule has 2 heterocycles. The highest BCUT2D eigenvalue weighted by atomic mass is 16.5. The Morgan fingerprint density at radius 1 is 0.880 bits per heavy atom. The van der Waals surface area contributed by atoms with E-state index in [1.165, 1.54) is 50.3 Å². The molecule has 3 rings (SSSR count). The van der Waals surface area contributed by atoms with Gasteiger partial charge in [0.25, 0.3) is 0 Å². The van der Waals surface area contributed by atoms with Gasteiger partial charge in [0.05, 0.1) is 19.9 Å². The van der Waals surface area contributed by atoms with Gasteiger partial charge in [-0.15, -0.1) is 0 Å². The van der Waals surface area contributed by atoms with E-state index < -0.39 is 0 Å². The van der Waals surface area contributed by atoms with Crippen LogP contribution in [0.25, 0.3) is 0 Å². The van der Waals surface area contributed by atoms with Gasteiger partial charge in [0.2, 0.25) is 0 Å². The summed E-state index contributed by atoms with van der Waals surface area (Å²) in [7, 11) is 5.76. The average molecular weight is 348 g/mol. The summed E-state index contributed by atoms with van der Waals surface area (Å²) in [5, 5.41) is 0. The summed E-state index contributed by atoms with van der Waals surface area (Å²) in [6, 6.07) is 4.37.